The number of ether oxygens (including phenoxy) is 1. The zero-order chi connectivity index (χ0) is 20.4. The summed E-state index contributed by atoms with van der Waals surface area (Å²) in [5.74, 6) is 1.44. The van der Waals surface area contributed by atoms with Crippen molar-refractivity contribution in [3.05, 3.63) is 76.2 Å². The number of benzene rings is 1. The summed E-state index contributed by atoms with van der Waals surface area (Å²) in [6.07, 6.45) is 1.77. The Labute approximate surface area is 184 Å². The highest BCUT2D eigenvalue weighted by atomic mass is 35.5. The molecule has 0 bridgehead atoms. The van der Waals surface area contributed by atoms with Crippen LogP contribution < -0.4 is 5.32 Å². The number of furan rings is 1. The zero-order valence-electron chi connectivity index (χ0n) is 15.6. The molecule has 0 unspecified atom stereocenters. The summed E-state index contributed by atoms with van der Waals surface area (Å²) in [6.45, 7) is 1.18. The van der Waals surface area contributed by atoms with Crippen LogP contribution in [-0.2, 0) is 4.74 Å². The Balaban J connectivity index is 1.72. The Hall–Kier alpha value is -2.12. The minimum atomic E-state index is -0.160. The first-order valence-electron chi connectivity index (χ1n) is 9.10. The molecule has 0 saturated carbocycles. The molecule has 3 aromatic rings. The third-order valence-corrected chi connectivity index (χ3v) is 5.75. The fourth-order valence-corrected chi connectivity index (χ4v) is 4.32. The van der Waals surface area contributed by atoms with Gasteiger partial charge < -0.3 is 19.4 Å². The van der Waals surface area contributed by atoms with Crippen LogP contribution in [0.25, 0.3) is 11.3 Å². The van der Waals surface area contributed by atoms with E-state index in [1.54, 1.807) is 25.4 Å². The quantitative estimate of drug-likeness (QED) is 0.519. The van der Waals surface area contributed by atoms with E-state index in [0.717, 1.165) is 17.0 Å². The van der Waals surface area contributed by atoms with Crippen LogP contribution in [0.15, 0.2) is 59.1 Å². The third-order valence-electron chi connectivity index (χ3n) is 4.85. The van der Waals surface area contributed by atoms with E-state index in [2.05, 4.69) is 15.2 Å². The number of thiocarbonyl (C=S) groups is 1. The number of nitrogens with zero attached hydrogens (tertiary/aromatic N) is 2. The lowest BCUT2D eigenvalue weighted by Gasteiger charge is -2.25. The maximum absolute atomic E-state index is 6.36. The van der Waals surface area contributed by atoms with Crippen LogP contribution in [0.3, 0.4) is 0 Å². The highest BCUT2D eigenvalue weighted by molar-refractivity contribution is 7.80. The van der Waals surface area contributed by atoms with Gasteiger partial charge in [0.1, 0.15) is 17.6 Å². The number of rotatable bonds is 6. The fourth-order valence-electron chi connectivity index (χ4n) is 3.49. The van der Waals surface area contributed by atoms with E-state index in [4.69, 9.17) is 44.6 Å². The Morgan fingerprint density at radius 2 is 2.07 bits per heavy atom. The first-order chi connectivity index (χ1) is 14.1. The molecule has 1 fully saturated rings. The van der Waals surface area contributed by atoms with Crippen molar-refractivity contribution < 1.29 is 9.15 Å². The molecule has 8 heteroatoms. The second kappa shape index (κ2) is 8.71. The standard InChI is InChI=1S/C21H19Cl2N3O2S/c1-27-11-10-26-20(19(25-21(26)29)16-4-2-3-9-24-16)18-8-7-17(28-18)14-6-5-13(22)12-15(14)23/h2-9,12,19-20H,10-11H2,1H3,(H,25,29)/t19-,20+/m0/s1. The molecular formula is C21H19Cl2N3O2S. The maximum Gasteiger partial charge on any atom is 0.170 e. The van der Waals surface area contributed by atoms with Crippen LogP contribution in [-0.4, -0.2) is 35.3 Å². The maximum atomic E-state index is 6.36. The summed E-state index contributed by atoms with van der Waals surface area (Å²) in [5, 5.41) is 5.14. The molecule has 5 nitrogen and oxygen atoms in total. The molecule has 2 aromatic heterocycles. The van der Waals surface area contributed by atoms with Crippen molar-refractivity contribution in [2.45, 2.75) is 12.1 Å². The molecule has 150 valence electrons. The summed E-state index contributed by atoms with van der Waals surface area (Å²) in [5.41, 5.74) is 1.68. The van der Waals surface area contributed by atoms with Crippen molar-refractivity contribution in [1.82, 2.24) is 15.2 Å². The second-order valence-corrected chi connectivity index (χ2v) is 7.87. The molecule has 0 aliphatic carbocycles. The first kappa shape index (κ1) is 20.2. The monoisotopic (exact) mass is 447 g/mol. The van der Waals surface area contributed by atoms with Gasteiger partial charge in [-0.3, -0.25) is 4.98 Å². The molecule has 0 radical (unpaired) electrons. The molecule has 0 amide bonds. The van der Waals surface area contributed by atoms with Crippen molar-refractivity contribution >= 4 is 40.5 Å². The van der Waals surface area contributed by atoms with E-state index in [9.17, 15) is 0 Å². The van der Waals surface area contributed by atoms with Gasteiger partial charge in [0.15, 0.2) is 5.11 Å². The molecule has 4 rings (SSSR count). The highest BCUT2D eigenvalue weighted by Crippen LogP contribution is 2.41. The number of aromatic nitrogens is 1. The summed E-state index contributed by atoms with van der Waals surface area (Å²) in [4.78, 5) is 6.59. The summed E-state index contributed by atoms with van der Waals surface area (Å²) < 4.78 is 11.5. The van der Waals surface area contributed by atoms with E-state index >= 15 is 0 Å². The van der Waals surface area contributed by atoms with Crippen LogP contribution in [0.1, 0.15) is 23.5 Å². The number of hydrogen-bond donors (Lipinski definition) is 1. The van der Waals surface area contributed by atoms with Gasteiger partial charge in [0, 0.05) is 30.4 Å². The first-order valence-corrected chi connectivity index (χ1v) is 10.3. The van der Waals surface area contributed by atoms with Gasteiger partial charge in [0.05, 0.1) is 23.4 Å². The van der Waals surface area contributed by atoms with Gasteiger partial charge in [-0.15, -0.1) is 0 Å². The van der Waals surface area contributed by atoms with Gasteiger partial charge in [-0.2, -0.15) is 0 Å². The largest absolute Gasteiger partial charge is 0.459 e. The van der Waals surface area contributed by atoms with Crippen molar-refractivity contribution in [2.75, 3.05) is 20.3 Å². The molecule has 1 aliphatic heterocycles. The minimum absolute atomic E-state index is 0.139. The normalized spacial score (nSPS) is 18.9. The summed E-state index contributed by atoms with van der Waals surface area (Å²) in [7, 11) is 1.67. The van der Waals surface area contributed by atoms with Gasteiger partial charge in [0.25, 0.3) is 0 Å². The molecule has 3 heterocycles. The van der Waals surface area contributed by atoms with E-state index < -0.39 is 0 Å². The number of pyridine rings is 1. The van der Waals surface area contributed by atoms with Crippen LogP contribution in [0.5, 0.6) is 0 Å². The lowest BCUT2D eigenvalue weighted by Crippen LogP contribution is -2.32. The van der Waals surface area contributed by atoms with Crippen molar-refractivity contribution in [1.29, 1.82) is 0 Å². The third kappa shape index (κ3) is 4.12. The van der Waals surface area contributed by atoms with Crippen LogP contribution >= 0.6 is 35.4 Å². The van der Waals surface area contributed by atoms with Gasteiger partial charge in [-0.1, -0.05) is 29.3 Å². The van der Waals surface area contributed by atoms with E-state index in [0.29, 0.717) is 34.1 Å². The van der Waals surface area contributed by atoms with Gasteiger partial charge in [0.2, 0.25) is 0 Å². The Bertz CT molecular complexity index is 1010. The van der Waals surface area contributed by atoms with Crippen molar-refractivity contribution in [2.24, 2.45) is 0 Å². The Morgan fingerprint density at radius 1 is 1.21 bits per heavy atom. The molecule has 0 spiro atoms. The average Bonchev–Trinajstić information content (AvgIpc) is 3.31. The summed E-state index contributed by atoms with van der Waals surface area (Å²) in [6, 6.07) is 14.7. The predicted molar refractivity (Wildman–Crippen MR) is 118 cm³/mol. The van der Waals surface area contributed by atoms with Crippen LogP contribution in [0.2, 0.25) is 10.0 Å². The van der Waals surface area contributed by atoms with Gasteiger partial charge in [-0.25, -0.2) is 0 Å². The fraction of sp³-hybridized carbons (Fsp3) is 0.238. The number of halogens is 2. The number of nitrogens with one attached hydrogen (secondary N) is 1. The van der Waals surface area contributed by atoms with Crippen molar-refractivity contribution in [3.63, 3.8) is 0 Å². The molecule has 1 N–H and O–H groups in total. The predicted octanol–water partition coefficient (Wildman–Crippen LogP) is 5.27. The smallest absolute Gasteiger partial charge is 0.170 e. The second-order valence-electron chi connectivity index (χ2n) is 6.64. The molecule has 1 aromatic carbocycles. The number of methoxy groups -OCH3 is 1. The average molecular weight is 448 g/mol. The lowest BCUT2D eigenvalue weighted by atomic mass is 10.0. The Kier molecular flexibility index (Phi) is 6.06. The van der Waals surface area contributed by atoms with Crippen molar-refractivity contribution in [3.8, 4) is 11.3 Å². The molecule has 1 saturated heterocycles. The zero-order valence-corrected chi connectivity index (χ0v) is 18.0. The van der Waals surface area contributed by atoms with E-state index in [1.807, 2.05) is 36.4 Å². The van der Waals surface area contributed by atoms with E-state index in [1.165, 1.54) is 0 Å². The SMILES string of the molecule is COCCN1C(=S)N[C@@H](c2ccccn2)[C@H]1c1ccc(-c2ccc(Cl)cc2Cl)o1. The molecule has 1 aliphatic rings. The summed E-state index contributed by atoms with van der Waals surface area (Å²) >= 11 is 18.0. The molecule has 2 atom stereocenters. The van der Waals surface area contributed by atoms with Crippen LogP contribution in [0.4, 0.5) is 0 Å². The number of hydrogen-bond acceptors (Lipinski definition) is 4. The van der Waals surface area contributed by atoms with Gasteiger partial charge in [-0.05, 0) is 54.7 Å². The van der Waals surface area contributed by atoms with Gasteiger partial charge >= 0.3 is 0 Å². The Morgan fingerprint density at radius 3 is 2.79 bits per heavy atom. The van der Waals surface area contributed by atoms with Crippen LogP contribution in [0, 0.1) is 0 Å². The van der Waals surface area contributed by atoms with E-state index in [-0.39, 0.29) is 12.1 Å². The lowest BCUT2D eigenvalue weighted by molar-refractivity contribution is 0.158. The topological polar surface area (TPSA) is 50.5 Å². The minimum Gasteiger partial charge on any atom is -0.459 e. The molecular weight excluding hydrogens is 429 g/mol. The highest BCUT2D eigenvalue weighted by Gasteiger charge is 2.41. The molecule has 29 heavy (non-hydrogen) atoms.